The molecule has 0 unspecified atom stereocenters. The molecule has 0 spiro atoms. The Bertz CT molecular complexity index is 249. The number of hydrogen-bond donors (Lipinski definition) is 1. The number of allylic oxidation sites excluding steroid dienone is 1. The van der Waals surface area contributed by atoms with Crippen molar-refractivity contribution in [2.75, 3.05) is 7.11 Å². The van der Waals surface area contributed by atoms with Gasteiger partial charge in [0.25, 0.3) is 0 Å². The number of methoxy groups -OCH3 is 1. The summed E-state index contributed by atoms with van der Waals surface area (Å²) >= 11 is 0. The average Bonchev–Trinajstić information content (AvgIpc) is 2.02. The molecule has 0 saturated heterocycles. The van der Waals surface area contributed by atoms with Crippen molar-refractivity contribution in [3.63, 3.8) is 0 Å². The molecular weight excluding hydrogens is 320 g/mol. The summed E-state index contributed by atoms with van der Waals surface area (Å²) in [5.41, 5.74) is -1.28. The normalized spacial score (nSPS) is 13.3. The Balaban J connectivity index is 0. The minimum absolute atomic E-state index is 0. The first-order valence-electron chi connectivity index (χ1n) is 4.62. The summed E-state index contributed by atoms with van der Waals surface area (Å²) in [4.78, 5) is 11.5. The van der Waals surface area contributed by atoms with Crippen molar-refractivity contribution in [2.24, 2.45) is 5.41 Å². The number of ether oxygens (including phenoxy) is 1. The molecule has 0 radical (unpaired) electrons. The third-order valence-corrected chi connectivity index (χ3v) is 2.13. The van der Waals surface area contributed by atoms with Crippen molar-refractivity contribution < 1.29 is 56.4 Å². The summed E-state index contributed by atoms with van der Waals surface area (Å²) in [7, 11) is 1.49. The Morgan fingerprint density at radius 3 is 1.87 bits per heavy atom. The van der Waals surface area contributed by atoms with Crippen molar-refractivity contribution in [3.05, 3.63) is 11.8 Å². The van der Waals surface area contributed by atoms with E-state index >= 15 is 0 Å². The van der Waals surface area contributed by atoms with E-state index in [0.717, 1.165) is 0 Å². The van der Waals surface area contributed by atoms with Crippen molar-refractivity contribution in [2.45, 2.75) is 40.2 Å². The fraction of sp³-hybridized carbons (Fsp3) is 0.727. The van der Waals surface area contributed by atoms with Crippen molar-refractivity contribution in [3.8, 4) is 0 Å². The van der Waals surface area contributed by atoms with E-state index in [1.54, 1.807) is 34.6 Å². The smallest absolute Gasteiger partial charge is 0.509 e. The first-order chi connectivity index (χ1) is 6.11. The van der Waals surface area contributed by atoms with Crippen LogP contribution < -0.4 is 0 Å². The van der Waals surface area contributed by atoms with E-state index in [1.165, 1.54) is 13.2 Å². The van der Waals surface area contributed by atoms with Crippen molar-refractivity contribution in [1.82, 2.24) is 0 Å². The zero-order valence-electron chi connectivity index (χ0n) is 10.3. The molecule has 15 heavy (non-hydrogen) atoms. The maximum Gasteiger partial charge on any atom is 4.00 e. The SMILES string of the molecule is COC(C)(C)/C(O)=C/C(=O)C(C)(C)C.[Ce+4]. The van der Waals surface area contributed by atoms with Crippen LogP contribution in [0.15, 0.2) is 11.8 Å². The number of rotatable bonds is 3. The molecule has 4 heteroatoms. The minimum Gasteiger partial charge on any atom is -0.509 e. The molecule has 0 aliphatic carbocycles. The Labute approximate surface area is 126 Å². The van der Waals surface area contributed by atoms with Gasteiger partial charge in [0.2, 0.25) is 0 Å². The number of carbonyl (C=O) groups is 1. The summed E-state index contributed by atoms with van der Waals surface area (Å²) in [6, 6.07) is 0. The molecule has 3 nitrogen and oxygen atoms in total. The monoisotopic (exact) mass is 340 g/mol. The quantitative estimate of drug-likeness (QED) is 0.634. The first-order valence-corrected chi connectivity index (χ1v) is 4.62. The summed E-state index contributed by atoms with van der Waals surface area (Å²) in [6.07, 6.45) is 1.24. The fourth-order valence-corrected chi connectivity index (χ4v) is 0.619. The topological polar surface area (TPSA) is 46.5 Å². The Morgan fingerprint density at radius 2 is 1.60 bits per heavy atom. The van der Waals surface area contributed by atoms with Crippen LogP contribution in [0.1, 0.15) is 34.6 Å². The number of aliphatic hydroxyl groups excluding tert-OH is 1. The fourth-order valence-electron chi connectivity index (χ4n) is 0.619. The van der Waals surface area contributed by atoms with E-state index in [9.17, 15) is 9.90 Å². The molecule has 1 N–H and O–H groups in total. The third kappa shape index (κ3) is 5.99. The summed E-state index contributed by atoms with van der Waals surface area (Å²) in [6.45, 7) is 8.82. The molecule has 0 aliphatic heterocycles. The van der Waals surface area contributed by atoms with Crippen LogP contribution in [0.2, 0.25) is 0 Å². The molecule has 0 rings (SSSR count). The van der Waals surface area contributed by atoms with Crippen LogP contribution in [0.25, 0.3) is 0 Å². The molecule has 0 bridgehead atoms. The van der Waals surface area contributed by atoms with Crippen LogP contribution in [-0.4, -0.2) is 23.6 Å². The van der Waals surface area contributed by atoms with Gasteiger partial charge >= 0.3 is 41.7 Å². The predicted molar refractivity (Wildman–Crippen MR) is 56.3 cm³/mol. The zero-order valence-corrected chi connectivity index (χ0v) is 13.5. The van der Waals surface area contributed by atoms with E-state index in [-0.39, 0.29) is 53.3 Å². The number of hydrogen-bond acceptors (Lipinski definition) is 3. The maximum absolute atomic E-state index is 11.5. The van der Waals surface area contributed by atoms with Crippen LogP contribution in [-0.2, 0) is 9.53 Å². The predicted octanol–water partition coefficient (Wildman–Crippen LogP) is 2.47. The molecule has 0 heterocycles. The van der Waals surface area contributed by atoms with Crippen LogP contribution >= 0.6 is 0 Å². The average molecular weight is 340 g/mol. The second kappa shape index (κ2) is 6.32. The van der Waals surface area contributed by atoms with Gasteiger partial charge in [-0.05, 0) is 13.8 Å². The van der Waals surface area contributed by atoms with Gasteiger partial charge in [-0.2, -0.15) is 0 Å². The molecule has 0 aromatic heterocycles. The third-order valence-electron chi connectivity index (χ3n) is 2.13. The minimum atomic E-state index is -0.805. The van der Waals surface area contributed by atoms with Crippen molar-refractivity contribution in [1.29, 1.82) is 0 Å². The van der Waals surface area contributed by atoms with E-state index < -0.39 is 11.0 Å². The molecule has 0 atom stereocenters. The molecule has 0 amide bonds. The molecule has 82 valence electrons. The molecule has 0 aliphatic rings. The largest absolute Gasteiger partial charge is 4.00 e. The second-order valence-corrected chi connectivity index (χ2v) is 4.86. The van der Waals surface area contributed by atoms with Gasteiger partial charge in [0.1, 0.15) is 11.4 Å². The van der Waals surface area contributed by atoms with Crippen LogP contribution in [0, 0.1) is 47.2 Å². The summed E-state index contributed by atoms with van der Waals surface area (Å²) < 4.78 is 5.04. The van der Waals surface area contributed by atoms with Gasteiger partial charge in [-0.25, -0.2) is 0 Å². The van der Waals surface area contributed by atoms with E-state index in [1.807, 2.05) is 0 Å². The number of carbonyl (C=O) groups excluding carboxylic acids is 1. The van der Waals surface area contributed by atoms with Gasteiger partial charge in [-0.15, -0.1) is 0 Å². The Hall–Kier alpha value is 0.547. The molecule has 0 aromatic rings. The number of ketones is 1. The van der Waals surface area contributed by atoms with E-state index in [4.69, 9.17) is 4.74 Å². The van der Waals surface area contributed by atoms with Gasteiger partial charge in [0, 0.05) is 18.6 Å². The maximum atomic E-state index is 11.5. The molecule has 0 fully saturated rings. The van der Waals surface area contributed by atoms with Gasteiger partial charge in [0.05, 0.1) is 0 Å². The van der Waals surface area contributed by atoms with Gasteiger partial charge < -0.3 is 9.84 Å². The van der Waals surface area contributed by atoms with E-state index in [0.29, 0.717) is 0 Å². The van der Waals surface area contributed by atoms with E-state index in [2.05, 4.69) is 0 Å². The van der Waals surface area contributed by atoms with Crippen LogP contribution in [0.5, 0.6) is 0 Å². The summed E-state index contributed by atoms with van der Waals surface area (Å²) in [5.74, 6) is -0.153. The van der Waals surface area contributed by atoms with Crippen molar-refractivity contribution >= 4 is 5.78 Å². The van der Waals surface area contributed by atoms with Crippen LogP contribution in [0.3, 0.4) is 0 Å². The Kier molecular flexibility index (Phi) is 7.56. The molecular formula is C11H20CeO3+4. The first kappa shape index (κ1) is 17.9. The molecule has 0 saturated carbocycles. The van der Waals surface area contributed by atoms with Gasteiger partial charge in [0.15, 0.2) is 5.78 Å². The Morgan fingerprint density at radius 1 is 1.20 bits per heavy atom. The molecule has 0 aromatic carbocycles. The number of aliphatic hydroxyl groups is 1. The second-order valence-electron chi connectivity index (χ2n) is 4.86. The standard InChI is InChI=1S/C11H20O3.Ce/c1-10(2,3)8(12)7-9(13)11(4,5)14-6;/h7,13H,1-6H3;/q;+4/b9-7-;. The van der Waals surface area contributed by atoms with Gasteiger partial charge in [-0.1, -0.05) is 20.8 Å². The van der Waals surface area contributed by atoms with Gasteiger partial charge in [-0.3, -0.25) is 4.79 Å². The zero-order chi connectivity index (χ0) is 11.6. The van der Waals surface area contributed by atoms with Crippen LogP contribution in [0.4, 0.5) is 0 Å². The summed E-state index contributed by atoms with van der Waals surface area (Å²) in [5, 5.41) is 9.63.